The van der Waals surface area contributed by atoms with Crippen molar-refractivity contribution >= 4 is 0 Å². The highest BCUT2D eigenvalue weighted by Gasteiger charge is 2.51. The van der Waals surface area contributed by atoms with E-state index in [9.17, 15) is 8.78 Å². The van der Waals surface area contributed by atoms with Gasteiger partial charge in [0.05, 0.1) is 0 Å². The molecule has 4 heteroatoms. The molecule has 0 radical (unpaired) electrons. The largest absolute Gasteiger partial charge is 0.484 e. The fourth-order valence-electron chi connectivity index (χ4n) is 2.66. The molecular weight excluding hydrogens is 236 g/mol. The molecule has 0 aliphatic heterocycles. The molecule has 3 atom stereocenters. The number of halogens is 2. The van der Waals surface area contributed by atoms with Gasteiger partial charge >= 0.3 is 0 Å². The van der Waals surface area contributed by atoms with Crippen LogP contribution < -0.4 is 10.1 Å². The van der Waals surface area contributed by atoms with Crippen LogP contribution in [0.15, 0.2) is 18.2 Å². The van der Waals surface area contributed by atoms with Crippen molar-refractivity contribution in [2.24, 2.45) is 5.41 Å². The second kappa shape index (κ2) is 4.84. The van der Waals surface area contributed by atoms with Crippen LogP contribution in [-0.4, -0.2) is 19.2 Å². The molecule has 2 nitrogen and oxygen atoms in total. The quantitative estimate of drug-likeness (QED) is 0.892. The first kappa shape index (κ1) is 13.3. The summed E-state index contributed by atoms with van der Waals surface area (Å²) in [6.45, 7) is 4.15. The lowest BCUT2D eigenvalue weighted by Crippen LogP contribution is -2.62. The average molecular weight is 255 g/mol. The van der Waals surface area contributed by atoms with E-state index in [1.54, 1.807) is 0 Å². The van der Waals surface area contributed by atoms with E-state index in [1.807, 2.05) is 7.05 Å². The van der Waals surface area contributed by atoms with Gasteiger partial charge in [-0.15, -0.1) is 0 Å². The van der Waals surface area contributed by atoms with E-state index < -0.39 is 11.6 Å². The van der Waals surface area contributed by atoms with Crippen LogP contribution in [-0.2, 0) is 0 Å². The molecule has 1 aliphatic carbocycles. The molecule has 1 N–H and O–H groups in total. The topological polar surface area (TPSA) is 21.3 Å². The van der Waals surface area contributed by atoms with E-state index in [-0.39, 0.29) is 17.3 Å². The van der Waals surface area contributed by atoms with Crippen LogP contribution in [0.25, 0.3) is 0 Å². The number of rotatable bonds is 4. The lowest BCUT2D eigenvalue weighted by Gasteiger charge is -2.53. The Kier molecular flexibility index (Phi) is 3.57. The number of hydrogen-bond donors (Lipinski definition) is 1. The van der Waals surface area contributed by atoms with Crippen molar-refractivity contribution in [1.29, 1.82) is 0 Å². The number of hydrogen-bond acceptors (Lipinski definition) is 2. The molecule has 1 fully saturated rings. The molecule has 1 aliphatic rings. The van der Waals surface area contributed by atoms with E-state index in [1.165, 1.54) is 18.2 Å². The highest BCUT2D eigenvalue weighted by Crippen LogP contribution is 2.46. The summed E-state index contributed by atoms with van der Waals surface area (Å²) in [5.41, 5.74) is -0.0799. The van der Waals surface area contributed by atoms with Gasteiger partial charge in [-0.3, -0.25) is 0 Å². The number of benzene rings is 1. The SMILES string of the molecule is CCC1(C)C(NC)CC1Oc1c(F)cccc1F. The standard InChI is InChI=1S/C14H19F2NO/c1-4-14(2)11(17-3)8-12(14)18-13-9(15)6-5-7-10(13)16/h5-7,11-12,17H,4,8H2,1-3H3. The lowest BCUT2D eigenvalue weighted by molar-refractivity contribution is -0.0709. The van der Waals surface area contributed by atoms with Gasteiger partial charge in [0.15, 0.2) is 17.4 Å². The van der Waals surface area contributed by atoms with Crippen molar-refractivity contribution in [3.8, 4) is 5.75 Å². The van der Waals surface area contributed by atoms with Gasteiger partial charge in [0.25, 0.3) is 0 Å². The zero-order valence-corrected chi connectivity index (χ0v) is 11.0. The molecule has 1 aromatic rings. The molecule has 0 amide bonds. The Morgan fingerprint density at radius 3 is 2.50 bits per heavy atom. The molecule has 100 valence electrons. The molecule has 0 saturated heterocycles. The monoisotopic (exact) mass is 255 g/mol. The third-order valence-electron chi connectivity index (χ3n) is 4.27. The summed E-state index contributed by atoms with van der Waals surface area (Å²) in [6, 6.07) is 4.11. The van der Waals surface area contributed by atoms with Crippen LogP contribution in [0, 0.1) is 17.0 Å². The van der Waals surface area contributed by atoms with Crippen LogP contribution in [0.1, 0.15) is 26.7 Å². The predicted octanol–water partition coefficient (Wildman–Crippen LogP) is 3.12. The van der Waals surface area contributed by atoms with E-state index in [2.05, 4.69) is 19.2 Å². The molecular formula is C14H19F2NO. The summed E-state index contributed by atoms with van der Waals surface area (Å²) < 4.78 is 32.6. The maximum atomic E-state index is 13.5. The molecule has 0 bridgehead atoms. The van der Waals surface area contributed by atoms with Gasteiger partial charge in [-0.1, -0.05) is 19.9 Å². The first-order valence-corrected chi connectivity index (χ1v) is 6.30. The van der Waals surface area contributed by atoms with Crippen LogP contribution in [0.4, 0.5) is 8.78 Å². The third kappa shape index (κ3) is 1.99. The maximum Gasteiger partial charge on any atom is 0.191 e. The summed E-state index contributed by atoms with van der Waals surface area (Å²) in [7, 11) is 1.90. The van der Waals surface area contributed by atoms with Crippen molar-refractivity contribution in [3.63, 3.8) is 0 Å². The minimum atomic E-state index is -0.638. The fourth-order valence-corrected chi connectivity index (χ4v) is 2.66. The molecule has 0 aromatic heterocycles. The Balaban J connectivity index is 2.16. The second-order valence-electron chi connectivity index (χ2n) is 5.09. The molecule has 2 rings (SSSR count). The predicted molar refractivity (Wildman–Crippen MR) is 66.6 cm³/mol. The van der Waals surface area contributed by atoms with Crippen molar-refractivity contribution in [1.82, 2.24) is 5.32 Å². The normalized spacial score (nSPS) is 30.9. The Bertz CT molecular complexity index is 418. The second-order valence-corrected chi connectivity index (χ2v) is 5.09. The van der Waals surface area contributed by atoms with E-state index >= 15 is 0 Å². The number of nitrogens with one attached hydrogen (secondary N) is 1. The van der Waals surface area contributed by atoms with Crippen LogP contribution >= 0.6 is 0 Å². The molecule has 1 aromatic carbocycles. The van der Waals surface area contributed by atoms with Crippen molar-refractivity contribution in [2.75, 3.05) is 7.05 Å². The van der Waals surface area contributed by atoms with E-state index in [0.717, 1.165) is 12.8 Å². The number of ether oxygens (including phenoxy) is 1. The Morgan fingerprint density at radius 2 is 2.00 bits per heavy atom. The van der Waals surface area contributed by atoms with Crippen molar-refractivity contribution < 1.29 is 13.5 Å². The van der Waals surface area contributed by atoms with Gasteiger partial charge in [-0.25, -0.2) is 8.78 Å². The smallest absolute Gasteiger partial charge is 0.191 e. The average Bonchev–Trinajstić information content (AvgIpc) is 2.35. The summed E-state index contributed by atoms with van der Waals surface area (Å²) in [5.74, 6) is -1.53. The Hall–Kier alpha value is -1.16. The maximum absolute atomic E-state index is 13.5. The van der Waals surface area contributed by atoms with Gasteiger partial charge in [0.1, 0.15) is 6.10 Å². The third-order valence-corrected chi connectivity index (χ3v) is 4.27. The first-order valence-electron chi connectivity index (χ1n) is 6.30. The molecule has 1 saturated carbocycles. The molecule has 0 spiro atoms. The van der Waals surface area contributed by atoms with Crippen molar-refractivity contribution in [3.05, 3.63) is 29.8 Å². The highest BCUT2D eigenvalue weighted by molar-refractivity contribution is 5.27. The fraction of sp³-hybridized carbons (Fsp3) is 0.571. The minimum absolute atomic E-state index is 0.0799. The van der Waals surface area contributed by atoms with Crippen LogP contribution in [0.2, 0.25) is 0 Å². The lowest BCUT2D eigenvalue weighted by atomic mass is 9.61. The number of para-hydroxylation sites is 1. The summed E-state index contributed by atoms with van der Waals surface area (Å²) in [4.78, 5) is 0. The van der Waals surface area contributed by atoms with Crippen LogP contribution in [0.3, 0.4) is 0 Å². The molecule has 18 heavy (non-hydrogen) atoms. The summed E-state index contributed by atoms with van der Waals surface area (Å²) >= 11 is 0. The van der Waals surface area contributed by atoms with Gasteiger partial charge in [0, 0.05) is 17.9 Å². The summed E-state index contributed by atoms with van der Waals surface area (Å²) in [5, 5.41) is 3.22. The summed E-state index contributed by atoms with van der Waals surface area (Å²) in [6.07, 6.45) is 1.53. The Morgan fingerprint density at radius 1 is 1.39 bits per heavy atom. The molecule has 3 unspecified atom stereocenters. The van der Waals surface area contributed by atoms with Crippen molar-refractivity contribution in [2.45, 2.75) is 38.8 Å². The van der Waals surface area contributed by atoms with Gasteiger partial charge < -0.3 is 10.1 Å². The van der Waals surface area contributed by atoms with Crippen LogP contribution in [0.5, 0.6) is 5.75 Å². The highest BCUT2D eigenvalue weighted by atomic mass is 19.1. The van der Waals surface area contributed by atoms with E-state index in [0.29, 0.717) is 6.04 Å². The Labute approximate surface area is 106 Å². The van der Waals surface area contributed by atoms with Gasteiger partial charge in [-0.2, -0.15) is 0 Å². The molecule has 0 heterocycles. The van der Waals surface area contributed by atoms with Gasteiger partial charge in [-0.05, 0) is 25.6 Å². The minimum Gasteiger partial charge on any atom is -0.484 e. The zero-order chi connectivity index (χ0) is 13.3. The van der Waals surface area contributed by atoms with E-state index in [4.69, 9.17) is 4.74 Å². The first-order chi connectivity index (χ1) is 8.52. The van der Waals surface area contributed by atoms with Gasteiger partial charge in [0.2, 0.25) is 0 Å². The zero-order valence-electron chi connectivity index (χ0n) is 11.0.